The largest absolute Gasteiger partial charge is 1.00 e. The van der Waals surface area contributed by atoms with Crippen LogP contribution in [0.25, 0.3) is 0 Å². The van der Waals surface area contributed by atoms with Gasteiger partial charge in [0.25, 0.3) is 0 Å². The number of hydrogen-bond acceptors (Lipinski definition) is 2. The molecular weight excluding hydrogens is 170 g/mol. The Kier molecular flexibility index (Phi) is 9.55. The molecule has 0 aliphatic rings. The van der Waals surface area contributed by atoms with Gasteiger partial charge < -0.3 is 4.55 Å². The van der Waals surface area contributed by atoms with Crippen molar-refractivity contribution in [2.75, 3.05) is 0 Å². The van der Waals surface area contributed by atoms with Crippen molar-refractivity contribution in [3.63, 3.8) is 0 Å². The maximum Gasteiger partial charge on any atom is 1.00 e. The summed E-state index contributed by atoms with van der Waals surface area (Å²) in [5, 5.41) is 0. The molecule has 0 aromatic carbocycles. The van der Waals surface area contributed by atoms with Gasteiger partial charge in [0.2, 0.25) is 0 Å². The molecule has 0 spiro atoms. The fourth-order valence-electron chi connectivity index (χ4n) is 0. The topological polar surface area (TPSA) is 40.1 Å². The zero-order chi connectivity index (χ0) is 5.15. The maximum absolute atomic E-state index is 9.44. The maximum atomic E-state index is 9.44. The summed E-state index contributed by atoms with van der Waals surface area (Å²) in [6, 6.07) is 0. The van der Waals surface area contributed by atoms with Crippen molar-refractivity contribution in [1.82, 2.24) is 0 Å². The van der Waals surface area contributed by atoms with Gasteiger partial charge in [-0.1, -0.05) is 23.2 Å². The first-order valence-electron chi connectivity index (χ1n) is 1.01. The van der Waals surface area contributed by atoms with Crippen molar-refractivity contribution in [1.29, 1.82) is 0 Å². The van der Waals surface area contributed by atoms with Crippen LogP contribution in [0.3, 0.4) is 0 Å². The van der Waals surface area contributed by atoms with Crippen LogP contribution in [0.2, 0.25) is 0 Å². The SMILES string of the molecule is O=S([O-])C(Cl)Cl.[Na+]. The summed E-state index contributed by atoms with van der Waals surface area (Å²) in [4.78, 5) is 0. The first kappa shape index (κ1) is 11.5. The standard InChI is InChI=1S/CH2Cl2O2S.Na/c2-1(3)6(4)5;/h1H,(H,4,5);/q;+1/p-1. The predicted octanol–water partition coefficient (Wildman–Crippen LogP) is -2.37. The molecule has 2 nitrogen and oxygen atoms in total. The third-order valence-corrected chi connectivity index (χ3v) is 1.31. The molecule has 0 aromatic heterocycles. The van der Waals surface area contributed by atoms with Gasteiger partial charge in [-0.2, -0.15) is 0 Å². The van der Waals surface area contributed by atoms with E-state index in [9.17, 15) is 8.76 Å². The monoisotopic (exact) mass is 170 g/mol. The Bertz CT molecular complexity index is 66.7. The molecule has 1 unspecified atom stereocenters. The smallest absolute Gasteiger partial charge is 0.770 e. The Morgan fingerprint density at radius 1 is 1.57 bits per heavy atom. The van der Waals surface area contributed by atoms with Crippen molar-refractivity contribution in [3.05, 3.63) is 0 Å². The van der Waals surface area contributed by atoms with Gasteiger partial charge in [0, 0.05) is 0 Å². The fraction of sp³-hybridized carbons (Fsp3) is 1.00. The van der Waals surface area contributed by atoms with Crippen LogP contribution in [0, 0.1) is 0 Å². The van der Waals surface area contributed by atoms with Gasteiger partial charge in [-0.05, 0) is 11.1 Å². The Balaban J connectivity index is 0. The molecular formula is CHCl2NaO2S. The molecule has 0 fully saturated rings. The van der Waals surface area contributed by atoms with Crippen LogP contribution in [-0.4, -0.2) is 12.9 Å². The van der Waals surface area contributed by atoms with Crippen molar-refractivity contribution in [2.45, 2.75) is 4.17 Å². The minimum absolute atomic E-state index is 0. The van der Waals surface area contributed by atoms with Crippen molar-refractivity contribution in [3.8, 4) is 0 Å². The molecule has 6 heteroatoms. The summed E-state index contributed by atoms with van der Waals surface area (Å²) in [6.45, 7) is 0. The second-order valence-corrected chi connectivity index (χ2v) is 3.13. The van der Waals surface area contributed by atoms with Crippen LogP contribution in [0.15, 0.2) is 0 Å². The zero-order valence-electron chi connectivity index (χ0n) is 3.56. The van der Waals surface area contributed by atoms with Crippen LogP contribution in [0.1, 0.15) is 0 Å². The Morgan fingerprint density at radius 3 is 1.71 bits per heavy atom. The van der Waals surface area contributed by atoms with E-state index in [0.717, 1.165) is 0 Å². The van der Waals surface area contributed by atoms with Crippen LogP contribution in [0.5, 0.6) is 0 Å². The zero-order valence-corrected chi connectivity index (χ0v) is 7.89. The minimum Gasteiger partial charge on any atom is -0.770 e. The summed E-state index contributed by atoms with van der Waals surface area (Å²) in [5.74, 6) is 0. The molecule has 0 rings (SSSR count). The average molecular weight is 171 g/mol. The third-order valence-electron chi connectivity index (χ3n) is 0.145. The number of rotatable bonds is 1. The van der Waals surface area contributed by atoms with Crippen LogP contribution < -0.4 is 29.6 Å². The van der Waals surface area contributed by atoms with Gasteiger partial charge in [-0.15, -0.1) is 0 Å². The van der Waals surface area contributed by atoms with Crippen molar-refractivity contribution >= 4 is 34.3 Å². The van der Waals surface area contributed by atoms with E-state index in [-0.39, 0.29) is 29.6 Å². The van der Waals surface area contributed by atoms with E-state index in [4.69, 9.17) is 23.2 Å². The van der Waals surface area contributed by atoms with Gasteiger partial charge in [0.15, 0.2) is 4.17 Å². The first-order chi connectivity index (χ1) is 2.64. The van der Waals surface area contributed by atoms with Crippen LogP contribution >= 0.6 is 23.2 Å². The molecule has 7 heavy (non-hydrogen) atoms. The molecule has 0 radical (unpaired) electrons. The summed E-state index contributed by atoms with van der Waals surface area (Å²) >= 11 is 7.19. The van der Waals surface area contributed by atoms with Gasteiger partial charge in [-0.3, -0.25) is 4.21 Å². The summed E-state index contributed by atoms with van der Waals surface area (Å²) in [7, 11) is 0. The average Bonchev–Trinajstić information content (AvgIpc) is 1.36. The fourth-order valence-corrected chi connectivity index (χ4v) is 0. The van der Waals surface area contributed by atoms with Crippen molar-refractivity contribution < 1.29 is 38.3 Å². The molecule has 0 saturated carbocycles. The second-order valence-electron chi connectivity index (χ2n) is 0.521. The molecule has 1 atom stereocenters. The van der Waals surface area contributed by atoms with E-state index in [1.807, 2.05) is 0 Å². The van der Waals surface area contributed by atoms with E-state index in [1.54, 1.807) is 0 Å². The molecule has 0 aromatic rings. The molecule has 0 N–H and O–H groups in total. The molecule has 0 amide bonds. The summed E-state index contributed by atoms with van der Waals surface area (Å²) < 4.78 is 17.6. The summed E-state index contributed by atoms with van der Waals surface area (Å²) in [5.41, 5.74) is 0. The molecule has 0 saturated heterocycles. The third kappa shape index (κ3) is 7.69. The van der Waals surface area contributed by atoms with E-state index >= 15 is 0 Å². The molecule has 0 aliphatic heterocycles. The van der Waals surface area contributed by atoms with E-state index in [2.05, 4.69) is 0 Å². The predicted molar refractivity (Wildman–Crippen MR) is 24.4 cm³/mol. The number of alkyl halides is 2. The van der Waals surface area contributed by atoms with E-state index in [1.165, 1.54) is 0 Å². The molecule has 0 aliphatic carbocycles. The Labute approximate surface area is 76.1 Å². The van der Waals surface area contributed by atoms with Gasteiger partial charge in [-0.25, -0.2) is 0 Å². The molecule has 0 bridgehead atoms. The quantitative estimate of drug-likeness (QED) is 0.251. The number of halogens is 2. The second kappa shape index (κ2) is 5.82. The Morgan fingerprint density at radius 2 is 1.71 bits per heavy atom. The van der Waals surface area contributed by atoms with Gasteiger partial charge in [0.05, 0.1) is 0 Å². The molecule has 0 heterocycles. The van der Waals surface area contributed by atoms with Crippen LogP contribution in [-0.2, 0) is 11.1 Å². The van der Waals surface area contributed by atoms with Crippen molar-refractivity contribution in [2.24, 2.45) is 0 Å². The van der Waals surface area contributed by atoms with Gasteiger partial charge in [0.1, 0.15) is 0 Å². The summed E-state index contributed by atoms with van der Waals surface area (Å²) in [6.07, 6.45) is 0. The van der Waals surface area contributed by atoms with Gasteiger partial charge >= 0.3 is 29.6 Å². The molecule has 38 valence electrons. The Hall–Kier alpha value is 1.69. The number of hydrogen-bond donors (Lipinski definition) is 0. The van der Waals surface area contributed by atoms with E-state index < -0.39 is 15.2 Å². The van der Waals surface area contributed by atoms with Crippen LogP contribution in [0.4, 0.5) is 0 Å². The minimum atomic E-state index is -2.34. The normalized spacial score (nSPS) is 13.1. The van der Waals surface area contributed by atoms with E-state index in [0.29, 0.717) is 0 Å². The first-order valence-corrected chi connectivity index (χ1v) is 3.02.